The molecular weight excluding hydrogens is 324 g/mol. The molecule has 0 bridgehead atoms. The lowest BCUT2D eigenvalue weighted by Gasteiger charge is -2.10. The Morgan fingerprint density at radius 1 is 1.23 bits per heavy atom. The number of nitrogens with zero attached hydrogens (tertiary/aromatic N) is 1. The molecule has 0 amide bonds. The van der Waals surface area contributed by atoms with Gasteiger partial charge in [-0.3, -0.25) is 4.68 Å². The van der Waals surface area contributed by atoms with Gasteiger partial charge in [-0.05, 0) is 37.0 Å². The summed E-state index contributed by atoms with van der Waals surface area (Å²) in [4.78, 5) is 12.5. The minimum absolute atomic E-state index is 0.282. The van der Waals surface area contributed by atoms with Crippen LogP contribution in [0.5, 0.6) is 0 Å². The summed E-state index contributed by atoms with van der Waals surface area (Å²) in [7, 11) is 0. The first kappa shape index (κ1) is 19.3. The molecule has 136 valence electrons. The number of hydrogen-bond acceptors (Lipinski definition) is 3. The topological polar surface area (TPSA) is 57.2 Å². The van der Waals surface area contributed by atoms with Gasteiger partial charge < -0.3 is 10.6 Å². The van der Waals surface area contributed by atoms with Crippen molar-refractivity contribution in [1.82, 2.24) is 4.68 Å². The Morgan fingerprint density at radius 3 is 2.62 bits per heavy atom. The van der Waals surface area contributed by atoms with Gasteiger partial charge in [0.1, 0.15) is 0 Å². The fourth-order valence-electron chi connectivity index (χ4n) is 2.81. The maximum atomic E-state index is 12.5. The van der Waals surface area contributed by atoms with E-state index >= 15 is 0 Å². The first-order valence-corrected chi connectivity index (χ1v) is 8.77. The van der Waals surface area contributed by atoms with Crippen LogP contribution in [-0.2, 0) is 4.74 Å². The zero-order chi connectivity index (χ0) is 19.1. The van der Waals surface area contributed by atoms with Crippen molar-refractivity contribution < 1.29 is 9.53 Å². The van der Waals surface area contributed by atoms with E-state index < -0.39 is 5.97 Å². The summed E-state index contributed by atoms with van der Waals surface area (Å²) in [5.74, 6) is 5.66. The lowest BCUT2D eigenvalue weighted by molar-refractivity contribution is 0.0516. The SMILES string of the molecule is C=C(/C=C\C=C/CC)c1c(-c2ccccc2C)cn(N)c1C(=O)OCC. The first-order chi connectivity index (χ1) is 12.5. The molecule has 0 unspecified atom stereocenters. The normalized spacial score (nSPS) is 11.3. The van der Waals surface area contributed by atoms with E-state index in [1.54, 1.807) is 13.1 Å². The number of benzene rings is 1. The number of ether oxygens (including phenoxy) is 1. The minimum atomic E-state index is -0.455. The standard InChI is InChI=1S/C22H26N2O2/c1-5-7-8-9-13-17(4)20-19(18-14-11-10-12-16(18)3)15-24(23)21(20)22(25)26-6-2/h7-15H,4-6,23H2,1-3H3/b8-7-,13-9-. The summed E-state index contributed by atoms with van der Waals surface area (Å²) >= 11 is 0. The molecule has 0 aliphatic heterocycles. The van der Waals surface area contributed by atoms with Crippen molar-refractivity contribution in [3.8, 4) is 11.1 Å². The van der Waals surface area contributed by atoms with E-state index in [1.165, 1.54) is 4.68 Å². The summed E-state index contributed by atoms with van der Waals surface area (Å²) in [6, 6.07) is 7.98. The van der Waals surface area contributed by atoms with E-state index in [-0.39, 0.29) is 6.61 Å². The monoisotopic (exact) mass is 350 g/mol. The van der Waals surface area contributed by atoms with Gasteiger partial charge in [-0.25, -0.2) is 4.79 Å². The van der Waals surface area contributed by atoms with E-state index in [0.717, 1.165) is 23.1 Å². The fraction of sp³-hybridized carbons (Fsp3) is 0.227. The molecule has 0 radical (unpaired) electrons. The average Bonchev–Trinajstić information content (AvgIpc) is 2.96. The molecule has 1 aromatic carbocycles. The maximum absolute atomic E-state index is 12.5. The molecule has 0 aliphatic rings. The number of rotatable bonds is 7. The molecule has 0 fully saturated rings. The largest absolute Gasteiger partial charge is 0.461 e. The third-order valence-electron chi connectivity index (χ3n) is 4.04. The summed E-state index contributed by atoms with van der Waals surface area (Å²) in [6.45, 7) is 10.3. The van der Waals surface area contributed by atoms with Gasteiger partial charge in [0.15, 0.2) is 5.69 Å². The first-order valence-electron chi connectivity index (χ1n) is 8.77. The van der Waals surface area contributed by atoms with Gasteiger partial charge in [0.2, 0.25) is 0 Å². The lowest BCUT2D eigenvalue weighted by atomic mass is 9.94. The number of carbonyl (C=O) groups excluding carboxylic acids is 1. The van der Waals surface area contributed by atoms with Gasteiger partial charge in [-0.15, -0.1) is 0 Å². The highest BCUT2D eigenvalue weighted by molar-refractivity contribution is 6.00. The van der Waals surface area contributed by atoms with Gasteiger partial charge in [0.05, 0.1) is 6.61 Å². The highest BCUT2D eigenvalue weighted by atomic mass is 16.5. The van der Waals surface area contributed by atoms with Gasteiger partial charge in [-0.2, -0.15) is 0 Å². The van der Waals surface area contributed by atoms with Crippen molar-refractivity contribution in [3.63, 3.8) is 0 Å². The molecule has 2 rings (SSSR count). The second-order valence-electron chi connectivity index (χ2n) is 5.93. The summed E-state index contributed by atoms with van der Waals surface area (Å²) in [5.41, 5.74) is 4.67. The smallest absolute Gasteiger partial charge is 0.357 e. The number of nitrogen functional groups attached to an aromatic ring is 1. The molecule has 0 saturated heterocycles. The van der Waals surface area contributed by atoms with Crippen molar-refractivity contribution in [2.45, 2.75) is 27.2 Å². The van der Waals surface area contributed by atoms with E-state index in [0.29, 0.717) is 16.8 Å². The van der Waals surface area contributed by atoms with Crippen molar-refractivity contribution >= 4 is 11.5 Å². The van der Waals surface area contributed by atoms with Crippen LogP contribution < -0.4 is 5.84 Å². The minimum Gasteiger partial charge on any atom is -0.461 e. The fourth-order valence-corrected chi connectivity index (χ4v) is 2.81. The average molecular weight is 350 g/mol. The van der Waals surface area contributed by atoms with Crippen molar-refractivity contribution in [3.05, 3.63) is 78.2 Å². The van der Waals surface area contributed by atoms with Crippen LogP contribution in [0.1, 0.15) is 41.9 Å². The summed E-state index contributed by atoms with van der Waals surface area (Å²) < 4.78 is 6.53. The van der Waals surface area contributed by atoms with Crippen LogP contribution in [0.2, 0.25) is 0 Å². The zero-order valence-electron chi connectivity index (χ0n) is 15.7. The highest BCUT2D eigenvalue weighted by Gasteiger charge is 2.24. The predicted octanol–water partition coefficient (Wildman–Crippen LogP) is 4.89. The van der Waals surface area contributed by atoms with E-state index in [1.807, 2.05) is 55.5 Å². The lowest BCUT2D eigenvalue weighted by Crippen LogP contribution is -2.18. The number of nitrogens with two attached hydrogens (primary N) is 1. The van der Waals surface area contributed by atoms with Crippen molar-refractivity contribution in [2.75, 3.05) is 12.4 Å². The molecule has 1 aromatic heterocycles. The molecule has 0 atom stereocenters. The van der Waals surface area contributed by atoms with Gasteiger partial charge in [0.25, 0.3) is 0 Å². The second kappa shape index (κ2) is 8.90. The van der Waals surface area contributed by atoms with Crippen LogP contribution >= 0.6 is 0 Å². The van der Waals surface area contributed by atoms with E-state index in [2.05, 4.69) is 13.5 Å². The number of aryl methyl sites for hydroxylation is 1. The molecule has 2 aromatic rings. The van der Waals surface area contributed by atoms with Crippen molar-refractivity contribution in [1.29, 1.82) is 0 Å². The second-order valence-corrected chi connectivity index (χ2v) is 5.93. The Labute approximate surface area is 155 Å². The van der Waals surface area contributed by atoms with Crippen LogP contribution in [0.15, 0.2) is 61.3 Å². The van der Waals surface area contributed by atoms with Gasteiger partial charge >= 0.3 is 5.97 Å². The Hall–Kier alpha value is -3.01. The van der Waals surface area contributed by atoms with E-state index in [9.17, 15) is 4.79 Å². The summed E-state index contributed by atoms with van der Waals surface area (Å²) in [6.07, 6.45) is 10.5. The third kappa shape index (κ3) is 4.14. The molecule has 2 N–H and O–H groups in total. The molecule has 26 heavy (non-hydrogen) atoms. The number of hydrogen-bond donors (Lipinski definition) is 1. The number of allylic oxidation sites excluding steroid dienone is 5. The summed E-state index contributed by atoms with van der Waals surface area (Å²) in [5, 5.41) is 0. The molecule has 0 spiro atoms. The number of esters is 1. The Bertz CT molecular complexity index is 857. The molecule has 0 aliphatic carbocycles. The molecule has 4 nitrogen and oxygen atoms in total. The quantitative estimate of drug-likeness (QED) is 0.439. The van der Waals surface area contributed by atoms with Crippen LogP contribution in [0.25, 0.3) is 16.7 Å². The van der Waals surface area contributed by atoms with Crippen LogP contribution in [0, 0.1) is 6.92 Å². The molecular formula is C22H26N2O2. The molecule has 4 heteroatoms. The Balaban J connectivity index is 2.62. The van der Waals surface area contributed by atoms with Crippen molar-refractivity contribution in [2.24, 2.45) is 0 Å². The third-order valence-corrected chi connectivity index (χ3v) is 4.04. The van der Waals surface area contributed by atoms with E-state index in [4.69, 9.17) is 10.6 Å². The zero-order valence-corrected chi connectivity index (χ0v) is 15.7. The van der Waals surface area contributed by atoms with Crippen LogP contribution in [0.3, 0.4) is 0 Å². The van der Waals surface area contributed by atoms with Crippen LogP contribution in [-0.4, -0.2) is 17.3 Å². The molecule has 1 heterocycles. The Kier molecular flexibility index (Phi) is 6.61. The maximum Gasteiger partial charge on any atom is 0.357 e. The van der Waals surface area contributed by atoms with Crippen LogP contribution in [0.4, 0.5) is 0 Å². The predicted molar refractivity (Wildman–Crippen MR) is 108 cm³/mol. The molecule has 0 saturated carbocycles. The highest BCUT2D eigenvalue weighted by Crippen LogP contribution is 2.35. The van der Waals surface area contributed by atoms with Gasteiger partial charge in [0, 0.05) is 17.3 Å². The number of carbonyl (C=O) groups is 1. The number of aromatic nitrogens is 1. The Morgan fingerprint density at radius 2 is 1.96 bits per heavy atom. The van der Waals surface area contributed by atoms with Gasteiger partial charge in [-0.1, -0.05) is 62.1 Å².